The Kier molecular flexibility index (Phi) is 6.52. The molecule has 1 aromatic carbocycles. The third-order valence-electron chi connectivity index (χ3n) is 4.75. The van der Waals surface area contributed by atoms with E-state index in [2.05, 4.69) is 10.3 Å². The minimum Gasteiger partial charge on any atom is -0.479 e. The number of nitrogens with one attached hydrogen (secondary N) is 1. The highest BCUT2D eigenvalue weighted by Crippen LogP contribution is 2.25. The normalized spacial score (nSPS) is 17.7. The van der Waals surface area contributed by atoms with Gasteiger partial charge >= 0.3 is 0 Å². The third kappa shape index (κ3) is 5.01. The Hall–Kier alpha value is -2.60. The number of hydrogen-bond acceptors (Lipinski definition) is 4. The summed E-state index contributed by atoms with van der Waals surface area (Å²) in [5, 5.41) is 3.30. The van der Waals surface area contributed by atoms with Crippen LogP contribution in [0.4, 0.5) is 5.82 Å². The number of amides is 2. The van der Waals surface area contributed by atoms with E-state index in [9.17, 15) is 9.59 Å². The third-order valence-corrected chi connectivity index (χ3v) is 5.07. The standard InChI is InChI=1S/C21H24ClN3O3/c1-14-9-10-19(23-12-14)24-20(26)16-6-5-11-25(13-16)21(27)15(2)28-18-8-4-3-7-17(18)22/h3-4,7-10,12,15-16H,5-6,11,13H2,1-2H3,(H,23,24,26). The quantitative estimate of drug-likeness (QED) is 0.829. The number of nitrogens with zero attached hydrogens (tertiary/aromatic N) is 2. The van der Waals surface area contributed by atoms with Gasteiger partial charge in [-0.2, -0.15) is 0 Å². The van der Waals surface area contributed by atoms with Crippen molar-refractivity contribution in [2.75, 3.05) is 18.4 Å². The van der Waals surface area contributed by atoms with Gasteiger partial charge in [-0.3, -0.25) is 9.59 Å². The van der Waals surface area contributed by atoms with Crippen LogP contribution in [0.25, 0.3) is 0 Å². The van der Waals surface area contributed by atoms with Gasteiger partial charge in [-0.1, -0.05) is 29.8 Å². The summed E-state index contributed by atoms with van der Waals surface area (Å²) in [6.07, 6.45) is 2.53. The Morgan fingerprint density at radius 2 is 2.07 bits per heavy atom. The number of carbonyl (C=O) groups is 2. The molecule has 6 nitrogen and oxygen atoms in total. The number of benzene rings is 1. The van der Waals surface area contributed by atoms with Gasteiger partial charge in [0.1, 0.15) is 11.6 Å². The maximum Gasteiger partial charge on any atom is 0.263 e. The van der Waals surface area contributed by atoms with E-state index in [-0.39, 0.29) is 17.7 Å². The smallest absolute Gasteiger partial charge is 0.263 e. The molecule has 2 amide bonds. The molecule has 0 radical (unpaired) electrons. The molecular formula is C21H24ClN3O3. The molecule has 7 heteroatoms. The van der Waals surface area contributed by atoms with E-state index < -0.39 is 6.10 Å². The number of halogens is 1. The zero-order valence-corrected chi connectivity index (χ0v) is 16.8. The molecule has 28 heavy (non-hydrogen) atoms. The molecule has 0 aliphatic carbocycles. The molecule has 1 N–H and O–H groups in total. The molecule has 0 spiro atoms. The molecule has 1 aliphatic heterocycles. The van der Waals surface area contributed by atoms with Crippen molar-refractivity contribution in [3.05, 3.63) is 53.2 Å². The summed E-state index contributed by atoms with van der Waals surface area (Å²) in [6.45, 7) is 4.62. The number of pyridine rings is 1. The average molecular weight is 402 g/mol. The molecular weight excluding hydrogens is 378 g/mol. The van der Waals surface area contributed by atoms with Crippen LogP contribution in [-0.2, 0) is 9.59 Å². The molecule has 1 aromatic heterocycles. The van der Waals surface area contributed by atoms with E-state index in [1.54, 1.807) is 48.4 Å². The van der Waals surface area contributed by atoms with Crippen LogP contribution >= 0.6 is 11.6 Å². The largest absolute Gasteiger partial charge is 0.479 e. The van der Waals surface area contributed by atoms with E-state index in [1.807, 2.05) is 13.0 Å². The van der Waals surface area contributed by atoms with Gasteiger partial charge in [0.05, 0.1) is 10.9 Å². The number of rotatable bonds is 5. The Balaban J connectivity index is 1.58. The predicted molar refractivity (Wildman–Crippen MR) is 108 cm³/mol. The van der Waals surface area contributed by atoms with Gasteiger partial charge in [0.25, 0.3) is 5.91 Å². The van der Waals surface area contributed by atoms with E-state index in [4.69, 9.17) is 16.3 Å². The Labute approximate surface area is 169 Å². The van der Waals surface area contributed by atoms with Crippen molar-refractivity contribution in [1.29, 1.82) is 0 Å². The summed E-state index contributed by atoms with van der Waals surface area (Å²) in [7, 11) is 0. The van der Waals surface area contributed by atoms with Crippen molar-refractivity contribution in [2.45, 2.75) is 32.8 Å². The fourth-order valence-corrected chi connectivity index (χ4v) is 3.38. The van der Waals surface area contributed by atoms with Crippen LogP contribution in [0.15, 0.2) is 42.6 Å². The fraction of sp³-hybridized carbons (Fsp3) is 0.381. The maximum atomic E-state index is 12.8. The molecule has 1 fully saturated rings. The number of likely N-dealkylation sites (tertiary alicyclic amines) is 1. The van der Waals surface area contributed by atoms with Crippen LogP contribution in [-0.4, -0.2) is 40.9 Å². The molecule has 0 bridgehead atoms. The molecule has 1 aliphatic rings. The second kappa shape index (κ2) is 9.06. The molecule has 2 unspecified atom stereocenters. The molecule has 1 saturated heterocycles. The number of aromatic nitrogens is 1. The van der Waals surface area contributed by atoms with Gasteiger partial charge in [-0.15, -0.1) is 0 Å². The topological polar surface area (TPSA) is 71.5 Å². The fourth-order valence-electron chi connectivity index (χ4n) is 3.20. The number of carbonyl (C=O) groups excluding carboxylic acids is 2. The zero-order chi connectivity index (χ0) is 20.1. The number of hydrogen-bond donors (Lipinski definition) is 1. The monoisotopic (exact) mass is 401 g/mol. The highest BCUT2D eigenvalue weighted by molar-refractivity contribution is 6.32. The Bertz CT molecular complexity index is 841. The van der Waals surface area contributed by atoms with E-state index in [0.717, 1.165) is 18.4 Å². The molecule has 2 atom stereocenters. The Morgan fingerprint density at radius 3 is 2.79 bits per heavy atom. The van der Waals surface area contributed by atoms with Gasteiger partial charge in [0, 0.05) is 19.3 Å². The summed E-state index contributed by atoms with van der Waals surface area (Å²) >= 11 is 6.10. The van der Waals surface area contributed by atoms with Gasteiger partial charge in [0.2, 0.25) is 5.91 Å². The lowest BCUT2D eigenvalue weighted by Gasteiger charge is -2.33. The first-order valence-corrected chi connectivity index (χ1v) is 9.75. The number of anilines is 1. The lowest BCUT2D eigenvalue weighted by Crippen LogP contribution is -2.48. The molecule has 148 valence electrons. The first-order chi connectivity index (χ1) is 13.4. The van der Waals surface area contributed by atoms with Crippen molar-refractivity contribution in [3.8, 4) is 5.75 Å². The molecule has 2 heterocycles. The van der Waals surface area contributed by atoms with Crippen LogP contribution in [0.5, 0.6) is 5.75 Å². The number of aryl methyl sites for hydroxylation is 1. The Morgan fingerprint density at radius 1 is 1.29 bits per heavy atom. The summed E-state index contributed by atoms with van der Waals surface area (Å²) < 4.78 is 5.73. The van der Waals surface area contributed by atoms with Gasteiger partial charge in [-0.05, 0) is 50.5 Å². The van der Waals surface area contributed by atoms with Gasteiger partial charge in [0.15, 0.2) is 6.10 Å². The van der Waals surface area contributed by atoms with Crippen molar-refractivity contribution < 1.29 is 14.3 Å². The molecule has 2 aromatic rings. The van der Waals surface area contributed by atoms with Gasteiger partial charge in [-0.25, -0.2) is 4.98 Å². The van der Waals surface area contributed by atoms with Gasteiger partial charge < -0.3 is 15.0 Å². The lowest BCUT2D eigenvalue weighted by atomic mass is 9.96. The SMILES string of the molecule is Cc1ccc(NC(=O)C2CCCN(C(=O)C(C)Oc3ccccc3Cl)C2)nc1. The van der Waals surface area contributed by atoms with Crippen molar-refractivity contribution in [3.63, 3.8) is 0 Å². The first-order valence-electron chi connectivity index (χ1n) is 9.37. The van der Waals surface area contributed by atoms with Crippen LogP contribution in [0.3, 0.4) is 0 Å². The first kappa shape index (κ1) is 20.1. The number of ether oxygens (including phenoxy) is 1. The number of piperidine rings is 1. The molecule has 0 saturated carbocycles. The highest BCUT2D eigenvalue weighted by atomic mass is 35.5. The van der Waals surface area contributed by atoms with Crippen LogP contribution < -0.4 is 10.1 Å². The van der Waals surface area contributed by atoms with E-state index in [0.29, 0.717) is 29.7 Å². The van der Waals surface area contributed by atoms with Crippen LogP contribution in [0.1, 0.15) is 25.3 Å². The highest BCUT2D eigenvalue weighted by Gasteiger charge is 2.31. The zero-order valence-electron chi connectivity index (χ0n) is 16.0. The van der Waals surface area contributed by atoms with Crippen molar-refractivity contribution in [2.24, 2.45) is 5.92 Å². The predicted octanol–water partition coefficient (Wildman–Crippen LogP) is 3.69. The number of para-hydroxylation sites is 1. The van der Waals surface area contributed by atoms with Crippen molar-refractivity contribution >= 4 is 29.2 Å². The minimum absolute atomic E-state index is 0.117. The van der Waals surface area contributed by atoms with E-state index in [1.165, 1.54) is 0 Å². The van der Waals surface area contributed by atoms with Crippen molar-refractivity contribution in [1.82, 2.24) is 9.88 Å². The summed E-state index contributed by atoms with van der Waals surface area (Å²) in [4.78, 5) is 31.3. The van der Waals surface area contributed by atoms with Crippen LogP contribution in [0.2, 0.25) is 5.02 Å². The van der Waals surface area contributed by atoms with Crippen LogP contribution in [0, 0.1) is 12.8 Å². The second-order valence-corrected chi connectivity index (χ2v) is 7.43. The summed E-state index contributed by atoms with van der Waals surface area (Å²) in [5.74, 6) is 0.462. The lowest BCUT2D eigenvalue weighted by molar-refractivity contribution is -0.140. The second-order valence-electron chi connectivity index (χ2n) is 7.02. The summed E-state index contributed by atoms with van der Waals surface area (Å²) in [5.41, 5.74) is 1.03. The average Bonchev–Trinajstić information content (AvgIpc) is 2.71. The maximum absolute atomic E-state index is 12.8. The minimum atomic E-state index is -0.680. The summed E-state index contributed by atoms with van der Waals surface area (Å²) in [6, 6.07) is 10.7. The van der Waals surface area contributed by atoms with E-state index >= 15 is 0 Å². The molecule has 3 rings (SSSR count).